The molecule has 0 heterocycles. The van der Waals surface area contributed by atoms with Crippen LogP contribution in [0.4, 0.5) is 0 Å². The van der Waals surface area contributed by atoms with E-state index in [1.165, 1.54) is 6.42 Å². The SMILES string of the molecule is Cc1ccc(S(=O)(=O)O[C@H]2CC[C@@H]3[C@H]2[C@@H]2C=C[C@H]3C2)cc1. The normalized spacial score (nSPS) is 37.1. The Morgan fingerprint density at radius 1 is 1.05 bits per heavy atom. The van der Waals surface area contributed by atoms with Gasteiger partial charge in [-0.2, -0.15) is 8.42 Å². The number of allylic oxidation sites excluding steroid dienone is 2. The van der Waals surface area contributed by atoms with Gasteiger partial charge < -0.3 is 0 Å². The van der Waals surface area contributed by atoms with Crippen molar-refractivity contribution < 1.29 is 12.6 Å². The quantitative estimate of drug-likeness (QED) is 0.635. The molecule has 0 amide bonds. The van der Waals surface area contributed by atoms with Crippen molar-refractivity contribution in [3.05, 3.63) is 42.0 Å². The Morgan fingerprint density at radius 2 is 1.76 bits per heavy atom. The van der Waals surface area contributed by atoms with E-state index < -0.39 is 10.1 Å². The Morgan fingerprint density at radius 3 is 2.52 bits per heavy atom. The van der Waals surface area contributed by atoms with E-state index in [0.717, 1.165) is 18.4 Å². The summed E-state index contributed by atoms with van der Waals surface area (Å²) in [6.45, 7) is 1.94. The van der Waals surface area contributed by atoms with E-state index in [0.29, 0.717) is 23.7 Å². The molecule has 0 saturated heterocycles. The van der Waals surface area contributed by atoms with Gasteiger partial charge in [0, 0.05) is 0 Å². The number of fused-ring (bicyclic) bond motifs is 5. The topological polar surface area (TPSA) is 43.4 Å². The van der Waals surface area contributed by atoms with Gasteiger partial charge in [0.25, 0.3) is 10.1 Å². The molecule has 4 rings (SSSR count). The van der Waals surface area contributed by atoms with Gasteiger partial charge in [-0.15, -0.1) is 0 Å². The summed E-state index contributed by atoms with van der Waals surface area (Å²) in [6.07, 6.45) is 7.62. The number of hydrogen-bond acceptors (Lipinski definition) is 3. The molecule has 2 fully saturated rings. The molecule has 2 bridgehead atoms. The van der Waals surface area contributed by atoms with Crippen LogP contribution in [0, 0.1) is 30.6 Å². The Hall–Kier alpha value is -1.13. The van der Waals surface area contributed by atoms with Crippen molar-refractivity contribution in [2.75, 3.05) is 0 Å². The summed E-state index contributed by atoms with van der Waals surface area (Å²) >= 11 is 0. The zero-order valence-electron chi connectivity index (χ0n) is 12.1. The van der Waals surface area contributed by atoms with Crippen molar-refractivity contribution in [1.29, 1.82) is 0 Å². The highest BCUT2D eigenvalue weighted by Crippen LogP contribution is 2.56. The van der Waals surface area contributed by atoms with E-state index in [-0.39, 0.29) is 11.0 Å². The van der Waals surface area contributed by atoms with Crippen LogP contribution in [0.1, 0.15) is 24.8 Å². The Bertz CT molecular complexity index is 674. The fourth-order valence-electron chi connectivity index (χ4n) is 4.51. The molecule has 1 aromatic rings. The summed E-state index contributed by atoms with van der Waals surface area (Å²) in [5, 5.41) is 0. The lowest BCUT2D eigenvalue weighted by atomic mass is 9.85. The molecule has 5 atom stereocenters. The van der Waals surface area contributed by atoms with E-state index in [1.807, 2.05) is 19.1 Å². The first-order valence-corrected chi connectivity index (χ1v) is 9.14. The third-order valence-electron chi connectivity index (χ3n) is 5.46. The molecular formula is C17H20O3S. The van der Waals surface area contributed by atoms with Crippen molar-refractivity contribution in [3.8, 4) is 0 Å². The number of rotatable bonds is 3. The van der Waals surface area contributed by atoms with Gasteiger partial charge in [-0.05, 0) is 62.0 Å². The van der Waals surface area contributed by atoms with Gasteiger partial charge in [-0.3, -0.25) is 4.18 Å². The van der Waals surface area contributed by atoms with E-state index in [1.54, 1.807) is 12.1 Å². The van der Waals surface area contributed by atoms with Crippen LogP contribution < -0.4 is 0 Å². The Kier molecular flexibility index (Phi) is 3.02. The zero-order valence-corrected chi connectivity index (χ0v) is 12.9. The number of hydrogen-bond donors (Lipinski definition) is 0. The summed E-state index contributed by atoms with van der Waals surface area (Å²) < 4.78 is 30.5. The summed E-state index contributed by atoms with van der Waals surface area (Å²) in [4.78, 5) is 0.273. The maximum atomic E-state index is 12.5. The lowest BCUT2D eigenvalue weighted by Gasteiger charge is -2.25. The van der Waals surface area contributed by atoms with Crippen LogP contribution in [-0.2, 0) is 14.3 Å². The molecule has 3 aliphatic rings. The van der Waals surface area contributed by atoms with Crippen LogP contribution in [0.15, 0.2) is 41.3 Å². The first-order chi connectivity index (χ1) is 10.0. The molecule has 0 radical (unpaired) electrons. The van der Waals surface area contributed by atoms with Crippen LogP contribution >= 0.6 is 0 Å². The van der Waals surface area contributed by atoms with Gasteiger partial charge in [0.15, 0.2) is 0 Å². The monoisotopic (exact) mass is 304 g/mol. The maximum Gasteiger partial charge on any atom is 0.297 e. The van der Waals surface area contributed by atoms with Gasteiger partial charge in [0.1, 0.15) is 0 Å². The smallest absolute Gasteiger partial charge is 0.263 e. The molecule has 0 N–H and O–H groups in total. The second-order valence-corrected chi connectivity index (χ2v) is 8.24. The first kappa shape index (κ1) is 13.5. The molecule has 4 heteroatoms. The van der Waals surface area contributed by atoms with Crippen molar-refractivity contribution in [3.63, 3.8) is 0 Å². The van der Waals surface area contributed by atoms with Crippen LogP contribution in [0.5, 0.6) is 0 Å². The lowest BCUT2D eigenvalue weighted by molar-refractivity contribution is 0.138. The molecule has 112 valence electrons. The fourth-order valence-corrected chi connectivity index (χ4v) is 5.64. The molecule has 0 aromatic heterocycles. The van der Waals surface area contributed by atoms with E-state index in [4.69, 9.17) is 4.18 Å². The molecule has 0 aliphatic heterocycles. The van der Waals surface area contributed by atoms with Gasteiger partial charge in [0.05, 0.1) is 11.0 Å². The Labute approximate surface area is 126 Å². The van der Waals surface area contributed by atoms with Crippen molar-refractivity contribution >= 4 is 10.1 Å². The van der Waals surface area contributed by atoms with Crippen molar-refractivity contribution in [2.45, 2.75) is 37.2 Å². The predicted molar refractivity (Wildman–Crippen MR) is 80.2 cm³/mol. The second-order valence-electron chi connectivity index (χ2n) is 6.67. The van der Waals surface area contributed by atoms with Crippen LogP contribution in [0.2, 0.25) is 0 Å². The molecule has 3 nitrogen and oxygen atoms in total. The maximum absolute atomic E-state index is 12.5. The predicted octanol–water partition coefficient (Wildman–Crippen LogP) is 3.30. The third kappa shape index (κ3) is 2.16. The van der Waals surface area contributed by atoms with E-state index >= 15 is 0 Å². The minimum Gasteiger partial charge on any atom is -0.263 e. The summed E-state index contributed by atoms with van der Waals surface area (Å²) in [6, 6.07) is 6.90. The van der Waals surface area contributed by atoms with E-state index in [2.05, 4.69) is 12.2 Å². The van der Waals surface area contributed by atoms with Crippen LogP contribution in [0.25, 0.3) is 0 Å². The highest BCUT2D eigenvalue weighted by molar-refractivity contribution is 7.86. The van der Waals surface area contributed by atoms with Gasteiger partial charge in [-0.1, -0.05) is 29.8 Å². The standard InChI is InChI=1S/C17H20O3S/c1-11-2-6-14(7-3-11)21(18,19)20-16-9-8-15-12-4-5-13(10-12)17(15)16/h2-7,12-13,15-17H,8-10H2,1H3/t12-,13+,15-,16-,17+/m0/s1. The van der Waals surface area contributed by atoms with Gasteiger partial charge in [0.2, 0.25) is 0 Å². The number of benzene rings is 1. The highest BCUT2D eigenvalue weighted by Gasteiger charge is 2.52. The highest BCUT2D eigenvalue weighted by atomic mass is 32.2. The summed E-state index contributed by atoms with van der Waals surface area (Å²) in [5.74, 6) is 2.23. The minimum atomic E-state index is -3.64. The average Bonchev–Trinajstić information content (AvgIpc) is 3.12. The largest absolute Gasteiger partial charge is 0.297 e. The number of aryl methyl sites for hydroxylation is 1. The van der Waals surface area contributed by atoms with Gasteiger partial charge in [-0.25, -0.2) is 0 Å². The summed E-state index contributed by atoms with van der Waals surface area (Å²) in [5.41, 5.74) is 1.05. The first-order valence-electron chi connectivity index (χ1n) is 7.73. The summed E-state index contributed by atoms with van der Waals surface area (Å²) in [7, 11) is -3.64. The lowest BCUT2D eigenvalue weighted by Crippen LogP contribution is -2.28. The van der Waals surface area contributed by atoms with Crippen LogP contribution in [0.3, 0.4) is 0 Å². The molecule has 0 spiro atoms. The molecule has 1 aromatic carbocycles. The zero-order chi connectivity index (χ0) is 14.6. The Balaban J connectivity index is 1.56. The molecule has 21 heavy (non-hydrogen) atoms. The van der Waals surface area contributed by atoms with Gasteiger partial charge >= 0.3 is 0 Å². The van der Waals surface area contributed by atoms with Crippen molar-refractivity contribution in [2.24, 2.45) is 23.7 Å². The van der Waals surface area contributed by atoms with E-state index in [9.17, 15) is 8.42 Å². The molecular weight excluding hydrogens is 284 g/mol. The third-order valence-corrected chi connectivity index (χ3v) is 6.81. The molecule has 3 aliphatic carbocycles. The molecule has 2 saturated carbocycles. The minimum absolute atomic E-state index is 0.138. The van der Waals surface area contributed by atoms with Crippen LogP contribution in [-0.4, -0.2) is 14.5 Å². The average molecular weight is 304 g/mol. The molecule has 0 unspecified atom stereocenters. The second kappa shape index (κ2) is 4.68. The van der Waals surface area contributed by atoms with Crippen molar-refractivity contribution in [1.82, 2.24) is 0 Å². The fraction of sp³-hybridized carbons (Fsp3) is 0.529.